The highest BCUT2D eigenvalue weighted by atomic mass is 35.5. The summed E-state index contributed by atoms with van der Waals surface area (Å²) in [7, 11) is 0. The number of thioether (sulfide) groups is 1. The number of piperidine rings is 1. The van der Waals surface area contributed by atoms with Crippen molar-refractivity contribution in [2.75, 3.05) is 12.3 Å². The fourth-order valence-electron chi connectivity index (χ4n) is 2.12. The zero-order valence-corrected chi connectivity index (χ0v) is 12.6. The Kier molecular flexibility index (Phi) is 7.20. The van der Waals surface area contributed by atoms with Crippen molar-refractivity contribution in [3.05, 3.63) is 24.5 Å². The van der Waals surface area contributed by atoms with Gasteiger partial charge in [0.1, 0.15) is 0 Å². The van der Waals surface area contributed by atoms with Gasteiger partial charge >= 0.3 is 0 Å². The lowest BCUT2D eigenvalue weighted by molar-refractivity contribution is -0.119. The molecular formula is C13H20ClN3OS. The molecule has 106 valence electrons. The molecule has 19 heavy (non-hydrogen) atoms. The lowest BCUT2D eigenvalue weighted by Crippen LogP contribution is -2.47. The van der Waals surface area contributed by atoms with E-state index in [0.717, 1.165) is 24.3 Å². The highest BCUT2D eigenvalue weighted by Gasteiger charge is 2.19. The molecule has 2 rings (SSSR count). The second kappa shape index (κ2) is 8.40. The summed E-state index contributed by atoms with van der Waals surface area (Å²) in [6.07, 6.45) is 5.53. The van der Waals surface area contributed by atoms with E-state index in [4.69, 9.17) is 0 Å². The lowest BCUT2D eigenvalue weighted by atomic mass is 10.0. The summed E-state index contributed by atoms with van der Waals surface area (Å²) in [4.78, 5) is 16.9. The average molecular weight is 302 g/mol. The molecule has 0 radical (unpaired) electrons. The molecule has 4 nitrogen and oxygen atoms in total. The Morgan fingerprint density at radius 1 is 1.53 bits per heavy atom. The lowest BCUT2D eigenvalue weighted by Gasteiger charge is -2.28. The first-order valence-electron chi connectivity index (χ1n) is 6.29. The molecule has 0 aromatic carbocycles. The van der Waals surface area contributed by atoms with Gasteiger partial charge < -0.3 is 10.6 Å². The number of nitrogens with zero attached hydrogens (tertiary/aromatic N) is 1. The van der Waals surface area contributed by atoms with Gasteiger partial charge in [0.15, 0.2) is 0 Å². The van der Waals surface area contributed by atoms with E-state index >= 15 is 0 Å². The second-order valence-electron chi connectivity index (χ2n) is 4.62. The third kappa shape index (κ3) is 5.80. The van der Waals surface area contributed by atoms with Gasteiger partial charge in [0.05, 0.1) is 5.75 Å². The molecule has 2 atom stereocenters. The van der Waals surface area contributed by atoms with Gasteiger partial charge in [0, 0.05) is 29.4 Å². The maximum Gasteiger partial charge on any atom is 0.230 e. The fourth-order valence-corrected chi connectivity index (χ4v) is 2.81. The molecule has 0 bridgehead atoms. The van der Waals surface area contributed by atoms with Crippen molar-refractivity contribution in [3.8, 4) is 0 Å². The van der Waals surface area contributed by atoms with Crippen LogP contribution < -0.4 is 10.6 Å². The predicted molar refractivity (Wildman–Crippen MR) is 80.8 cm³/mol. The first kappa shape index (κ1) is 16.3. The number of pyridine rings is 1. The van der Waals surface area contributed by atoms with Crippen molar-refractivity contribution in [2.24, 2.45) is 0 Å². The maximum atomic E-state index is 11.8. The first-order valence-corrected chi connectivity index (χ1v) is 7.28. The molecule has 1 saturated heterocycles. The normalized spacial score (nSPS) is 22.4. The summed E-state index contributed by atoms with van der Waals surface area (Å²) < 4.78 is 0. The van der Waals surface area contributed by atoms with Crippen LogP contribution in [0, 0.1) is 0 Å². The van der Waals surface area contributed by atoms with Crippen LogP contribution in [-0.4, -0.2) is 35.3 Å². The van der Waals surface area contributed by atoms with E-state index in [1.165, 1.54) is 0 Å². The molecule has 1 fully saturated rings. The number of carbonyl (C=O) groups excluding carboxylic acids is 1. The Morgan fingerprint density at radius 3 is 2.95 bits per heavy atom. The van der Waals surface area contributed by atoms with Gasteiger partial charge in [-0.3, -0.25) is 9.78 Å². The van der Waals surface area contributed by atoms with Crippen LogP contribution in [0.4, 0.5) is 0 Å². The van der Waals surface area contributed by atoms with Crippen LogP contribution in [0.1, 0.15) is 19.8 Å². The van der Waals surface area contributed by atoms with Crippen molar-refractivity contribution in [3.63, 3.8) is 0 Å². The van der Waals surface area contributed by atoms with Crippen LogP contribution in [0.2, 0.25) is 0 Å². The van der Waals surface area contributed by atoms with Crippen LogP contribution >= 0.6 is 24.2 Å². The van der Waals surface area contributed by atoms with E-state index in [-0.39, 0.29) is 18.3 Å². The standard InChI is InChI=1S/C13H19N3OS.ClH/c1-10-8-11(2-7-15-10)16-13(17)9-18-12-3-5-14-6-4-12;/h3-6,10-11,15H,2,7-9H2,1H3,(H,16,17);1H. The number of rotatable bonds is 4. The van der Waals surface area contributed by atoms with Crippen molar-refractivity contribution >= 4 is 30.1 Å². The van der Waals surface area contributed by atoms with Gasteiger partial charge in [0.2, 0.25) is 5.91 Å². The number of aromatic nitrogens is 1. The molecular weight excluding hydrogens is 282 g/mol. The number of halogens is 1. The van der Waals surface area contributed by atoms with Crippen LogP contribution in [-0.2, 0) is 4.79 Å². The van der Waals surface area contributed by atoms with Gasteiger partial charge in [-0.15, -0.1) is 24.2 Å². The number of carbonyl (C=O) groups is 1. The van der Waals surface area contributed by atoms with E-state index in [0.29, 0.717) is 17.8 Å². The van der Waals surface area contributed by atoms with Crippen molar-refractivity contribution in [2.45, 2.75) is 36.7 Å². The minimum atomic E-state index is 0. The summed E-state index contributed by atoms with van der Waals surface area (Å²) in [5.41, 5.74) is 0. The summed E-state index contributed by atoms with van der Waals surface area (Å²) in [5.74, 6) is 0.596. The van der Waals surface area contributed by atoms with Crippen molar-refractivity contribution in [1.82, 2.24) is 15.6 Å². The van der Waals surface area contributed by atoms with E-state index in [2.05, 4.69) is 22.5 Å². The number of amides is 1. The largest absolute Gasteiger partial charge is 0.353 e. The number of hydrogen-bond acceptors (Lipinski definition) is 4. The highest BCUT2D eigenvalue weighted by Crippen LogP contribution is 2.16. The molecule has 0 saturated carbocycles. The molecule has 2 N–H and O–H groups in total. The zero-order chi connectivity index (χ0) is 12.8. The van der Waals surface area contributed by atoms with Gasteiger partial charge in [-0.25, -0.2) is 0 Å². The van der Waals surface area contributed by atoms with Crippen LogP contribution in [0.3, 0.4) is 0 Å². The summed E-state index contributed by atoms with van der Waals surface area (Å²) >= 11 is 1.55. The molecule has 2 heterocycles. The van der Waals surface area contributed by atoms with E-state index < -0.39 is 0 Å². The van der Waals surface area contributed by atoms with Crippen LogP contribution in [0.25, 0.3) is 0 Å². The summed E-state index contributed by atoms with van der Waals surface area (Å²) in [6.45, 7) is 3.15. The third-order valence-corrected chi connectivity index (χ3v) is 4.02. The summed E-state index contributed by atoms with van der Waals surface area (Å²) in [6, 6.07) is 4.67. The number of hydrogen-bond donors (Lipinski definition) is 2. The Bertz CT molecular complexity index is 391. The molecule has 2 unspecified atom stereocenters. The predicted octanol–water partition coefficient (Wildman–Crippen LogP) is 1.85. The van der Waals surface area contributed by atoms with Crippen molar-refractivity contribution in [1.29, 1.82) is 0 Å². The smallest absolute Gasteiger partial charge is 0.230 e. The molecule has 1 aliphatic heterocycles. The average Bonchev–Trinajstić information content (AvgIpc) is 2.38. The zero-order valence-electron chi connectivity index (χ0n) is 11.0. The van der Waals surface area contributed by atoms with E-state index in [9.17, 15) is 4.79 Å². The molecule has 1 aromatic rings. The highest BCUT2D eigenvalue weighted by molar-refractivity contribution is 8.00. The van der Waals surface area contributed by atoms with Gasteiger partial charge in [-0.1, -0.05) is 0 Å². The quantitative estimate of drug-likeness (QED) is 0.834. The Labute approximate surface area is 124 Å². The minimum absolute atomic E-state index is 0. The molecule has 0 spiro atoms. The summed E-state index contributed by atoms with van der Waals surface area (Å²) in [5, 5.41) is 6.48. The Morgan fingerprint density at radius 2 is 2.26 bits per heavy atom. The van der Waals surface area contributed by atoms with Gasteiger partial charge in [0.25, 0.3) is 0 Å². The SMILES string of the molecule is CC1CC(NC(=O)CSc2ccncc2)CCN1.Cl. The molecule has 6 heteroatoms. The van der Waals surface area contributed by atoms with Crippen molar-refractivity contribution < 1.29 is 4.79 Å². The molecule has 1 amide bonds. The van der Waals surface area contributed by atoms with Crippen LogP contribution in [0.15, 0.2) is 29.4 Å². The maximum absolute atomic E-state index is 11.8. The van der Waals surface area contributed by atoms with Gasteiger partial charge in [-0.2, -0.15) is 0 Å². The fraction of sp³-hybridized carbons (Fsp3) is 0.538. The van der Waals surface area contributed by atoms with Gasteiger partial charge in [-0.05, 0) is 38.4 Å². The second-order valence-corrected chi connectivity index (χ2v) is 5.66. The first-order chi connectivity index (χ1) is 8.74. The molecule has 1 aliphatic rings. The molecule has 1 aromatic heterocycles. The molecule has 0 aliphatic carbocycles. The third-order valence-electron chi connectivity index (χ3n) is 3.01. The van der Waals surface area contributed by atoms with E-state index in [1.54, 1.807) is 24.2 Å². The van der Waals surface area contributed by atoms with Crippen LogP contribution in [0.5, 0.6) is 0 Å². The number of nitrogens with one attached hydrogen (secondary N) is 2. The minimum Gasteiger partial charge on any atom is -0.353 e. The topological polar surface area (TPSA) is 54.0 Å². The Hall–Kier alpha value is -0.780. The Balaban J connectivity index is 0.00000180. The van der Waals surface area contributed by atoms with E-state index in [1.807, 2.05) is 12.1 Å². The monoisotopic (exact) mass is 301 g/mol.